The molecule has 5 heteroatoms. The van der Waals surface area contributed by atoms with E-state index in [1.54, 1.807) is 5.06 Å². The minimum atomic E-state index is 0.0395. The maximum absolute atomic E-state index is 5.80. The van der Waals surface area contributed by atoms with E-state index in [1.807, 2.05) is 12.2 Å². The lowest BCUT2D eigenvalue weighted by Gasteiger charge is -2.23. The van der Waals surface area contributed by atoms with Crippen molar-refractivity contribution in [2.45, 2.75) is 18.6 Å². The van der Waals surface area contributed by atoms with E-state index in [9.17, 15) is 0 Å². The van der Waals surface area contributed by atoms with Crippen LogP contribution in [0.1, 0.15) is 6.42 Å². The van der Waals surface area contributed by atoms with Gasteiger partial charge in [0, 0.05) is 6.42 Å². The standard InChI is InChI=1S/C7H6Cl3NO/c8-6(9)7(10)11-4-1-2-5(3-4)12-11/h1-2,4-5H,3H2. The van der Waals surface area contributed by atoms with E-state index in [2.05, 4.69) is 0 Å². The van der Waals surface area contributed by atoms with Gasteiger partial charge in [-0.15, -0.1) is 0 Å². The third kappa shape index (κ3) is 1.33. The summed E-state index contributed by atoms with van der Waals surface area (Å²) in [6.07, 6.45) is 5.11. The number of halogens is 3. The highest BCUT2D eigenvalue weighted by Gasteiger charge is 2.36. The van der Waals surface area contributed by atoms with Crippen molar-refractivity contribution in [3.8, 4) is 0 Å². The van der Waals surface area contributed by atoms with Crippen molar-refractivity contribution < 1.29 is 4.84 Å². The zero-order chi connectivity index (χ0) is 8.72. The summed E-state index contributed by atoms with van der Waals surface area (Å²) in [5.41, 5.74) is 0. The molecule has 1 heterocycles. The SMILES string of the molecule is ClC(Cl)=C(Cl)N1OC2C=CC1C2. The summed E-state index contributed by atoms with van der Waals surface area (Å²) >= 11 is 16.8. The Kier molecular flexibility index (Phi) is 2.25. The Morgan fingerprint density at radius 1 is 1.33 bits per heavy atom. The van der Waals surface area contributed by atoms with Gasteiger partial charge in [-0.2, -0.15) is 0 Å². The normalized spacial score (nSPS) is 31.4. The molecular formula is C7H6Cl3NO. The molecule has 0 aromatic carbocycles. The molecule has 12 heavy (non-hydrogen) atoms. The summed E-state index contributed by atoms with van der Waals surface area (Å²) in [6.45, 7) is 0. The summed E-state index contributed by atoms with van der Waals surface area (Å²) in [5, 5.41) is 1.80. The maximum Gasteiger partial charge on any atom is 0.160 e. The van der Waals surface area contributed by atoms with Gasteiger partial charge in [0.15, 0.2) is 5.16 Å². The smallest absolute Gasteiger partial charge is 0.160 e. The molecule has 1 fully saturated rings. The van der Waals surface area contributed by atoms with Gasteiger partial charge < -0.3 is 0 Å². The van der Waals surface area contributed by atoms with Gasteiger partial charge in [-0.1, -0.05) is 47.0 Å². The molecule has 0 saturated carbocycles. The fourth-order valence-corrected chi connectivity index (χ4v) is 1.73. The van der Waals surface area contributed by atoms with E-state index in [0.29, 0.717) is 0 Å². The molecule has 66 valence electrons. The fraction of sp³-hybridized carbons (Fsp3) is 0.429. The van der Waals surface area contributed by atoms with E-state index in [4.69, 9.17) is 39.6 Å². The van der Waals surface area contributed by atoms with E-state index in [-0.39, 0.29) is 21.8 Å². The van der Waals surface area contributed by atoms with Crippen LogP contribution in [-0.4, -0.2) is 17.2 Å². The van der Waals surface area contributed by atoms with Gasteiger partial charge in [-0.3, -0.25) is 4.84 Å². The Balaban J connectivity index is 2.18. The van der Waals surface area contributed by atoms with Crippen molar-refractivity contribution >= 4 is 34.8 Å². The molecule has 0 aromatic heterocycles. The monoisotopic (exact) mass is 225 g/mol. The first-order valence-corrected chi connectivity index (χ1v) is 4.67. The summed E-state index contributed by atoms with van der Waals surface area (Å²) < 4.78 is 0.0395. The highest BCUT2D eigenvalue weighted by Crippen LogP contribution is 2.35. The highest BCUT2D eigenvalue weighted by atomic mass is 35.5. The summed E-state index contributed by atoms with van der Waals surface area (Å²) in [5.74, 6) is 0. The molecule has 0 radical (unpaired) electrons. The van der Waals surface area contributed by atoms with Crippen LogP contribution in [0.2, 0.25) is 0 Å². The Bertz CT molecular complexity index is 259. The molecule has 0 N–H and O–H groups in total. The molecule has 0 aromatic rings. The molecule has 0 amide bonds. The molecule has 2 atom stereocenters. The first-order valence-electron chi connectivity index (χ1n) is 3.53. The summed E-state index contributed by atoms with van der Waals surface area (Å²) in [7, 11) is 0. The first kappa shape index (κ1) is 8.70. The quantitative estimate of drug-likeness (QED) is 0.504. The van der Waals surface area contributed by atoms with Crippen molar-refractivity contribution in [1.29, 1.82) is 0 Å². The van der Waals surface area contributed by atoms with Gasteiger partial charge >= 0.3 is 0 Å². The molecule has 1 saturated heterocycles. The van der Waals surface area contributed by atoms with Crippen molar-refractivity contribution in [1.82, 2.24) is 5.06 Å². The first-order chi connectivity index (χ1) is 5.68. The van der Waals surface area contributed by atoms with Crippen LogP contribution in [0.5, 0.6) is 0 Å². The van der Waals surface area contributed by atoms with Gasteiger partial charge in [0.05, 0.1) is 6.04 Å². The minimum absolute atomic E-state index is 0.0395. The third-order valence-corrected chi connectivity index (χ3v) is 2.83. The number of hydrogen-bond donors (Lipinski definition) is 0. The molecule has 0 spiro atoms. The van der Waals surface area contributed by atoms with Gasteiger partial charge in [0.1, 0.15) is 10.6 Å². The van der Waals surface area contributed by atoms with Crippen LogP contribution in [0, 0.1) is 0 Å². The number of nitrogens with zero attached hydrogens (tertiary/aromatic N) is 1. The van der Waals surface area contributed by atoms with E-state index in [0.717, 1.165) is 6.42 Å². The fourth-order valence-electron chi connectivity index (χ4n) is 1.40. The number of rotatable bonds is 1. The van der Waals surface area contributed by atoms with Crippen LogP contribution in [0.3, 0.4) is 0 Å². The lowest BCUT2D eigenvalue weighted by Crippen LogP contribution is -2.25. The highest BCUT2D eigenvalue weighted by molar-refractivity contribution is 6.59. The number of hydroxylamine groups is 2. The van der Waals surface area contributed by atoms with Crippen LogP contribution in [-0.2, 0) is 4.84 Å². The largest absolute Gasteiger partial charge is 0.264 e. The van der Waals surface area contributed by atoms with Crippen molar-refractivity contribution in [3.63, 3.8) is 0 Å². The molecular weight excluding hydrogens is 220 g/mol. The van der Waals surface area contributed by atoms with Gasteiger partial charge in [-0.25, -0.2) is 5.06 Å². The summed E-state index contributed by atoms with van der Waals surface area (Å²) in [4.78, 5) is 5.37. The van der Waals surface area contributed by atoms with Crippen LogP contribution in [0.4, 0.5) is 0 Å². The zero-order valence-electron chi connectivity index (χ0n) is 6.01. The van der Waals surface area contributed by atoms with E-state index in [1.165, 1.54) is 0 Å². The van der Waals surface area contributed by atoms with E-state index >= 15 is 0 Å². The van der Waals surface area contributed by atoms with Gasteiger partial charge in [0.2, 0.25) is 0 Å². The molecule has 2 unspecified atom stereocenters. The van der Waals surface area contributed by atoms with Crippen molar-refractivity contribution in [2.75, 3.05) is 0 Å². The molecule has 2 bridgehead atoms. The average molecular weight is 226 g/mol. The number of hydrogen-bond acceptors (Lipinski definition) is 2. The second-order valence-corrected chi connectivity index (χ2v) is 4.02. The second-order valence-electron chi connectivity index (χ2n) is 2.71. The Morgan fingerprint density at radius 2 is 2.08 bits per heavy atom. The Labute approximate surface area is 85.3 Å². The third-order valence-electron chi connectivity index (χ3n) is 1.92. The van der Waals surface area contributed by atoms with Crippen molar-refractivity contribution in [2.24, 2.45) is 0 Å². The zero-order valence-corrected chi connectivity index (χ0v) is 8.27. The lowest BCUT2D eigenvalue weighted by molar-refractivity contribution is -0.115. The van der Waals surface area contributed by atoms with Crippen LogP contribution in [0.25, 0.3) is 0 Å². The average Bonchev–Trinajstić information content (AvgIpc) is 2.62. The van der Waals surface area contributed by atoms with Gasteiger partial charge in [-0.05, 0) is 0 Å². The van der Waals surface area contributed by atoms with Crippen LogP contribution >= 0.6 is 34.8 Å². The molecule has 1 aliphatic heterocycles. The molecule has 2 aliphatic rings. The van der Waals surface area contributed by atoms with E-state index < -0.39 is 0 Å². The van der Waals surface area contributed by atoms with Crippen LogP contribution in [0.15, 0.2) is 21.8 Å². The van der Waals surface area contributed by atoms with Crippen molar-refractivity contribution in [3.05, 3.63) is 21.8 Å². The van der Waals surface area contributed by atoms with Gasteiger partial charge in [0.25, 0.3) is 0 Å². The topological polar surface area (TPSA) is 12.5 Å². The summed E-state index contributed by atoms with van der Waals surface area (Å²) in [6, 6.07) is 0.190. The Hall–Kier alpha value is 0.110. The van der Waals surface area contributed by atoms with Crippen LogP contribution < -0.4 is 0 Å². The minimum Gasteiger partial charge on any atom is -0.264 e. The maximum atomic E-state index is 5.80. The number of fused-ring (bicyclic) bond motifs is 2. The lowest BCUT2D eigenvalue weighted by atomic mass is 10.3. The molecule has 2 nitrogen and oxygen atoms in total. The molecule has 2 rings (SSSR count). The second kappa shape index (κ2) is 3.11. The predicted molar refractivity (Wildman–Crippen MR) is 48.8 cm³/mol. The Morgan fingerprint density at radius 3 is 2.50 bits per heavy atom. The molecule has 1 aliphatic carbocycles. The predicted octanol–water partition coefficient (Wildman–Crippen LogP) is 2.77.